The highest BCUT2D eigenvalue weighted by atomic mass is 32.2. The Labute approximate surface area is 144 Å². The molecular weight excluding hydrogens is 348 g/mol. The summed E-state index contributed by atoms with van der Waals surface area (Å²) >= 11 is 1.32. The largest absolute Gasteiger partial charge is 0.278 e. The van der Waals surface area contributed by atoms with Gasteiger partial charge in [-0.05, 0) is 16.0 Å². The molecule has 1 heterocycles. The van der Waals surface area contributed by atoms with E-state index >= 15 is 0 Å². The lowest BCUT2D eigenvalue weighted by molar-refractivity contribution is -0.394. The Morgan fingerprint density at radius 1 is 1.00 bits per heavy atom. The van der Waals surface area contributed by atoms with Crippen molar-refractivity contribution in [3.63, 3.8) is 0 Å². The van der Waals surface area contributed by atoms with Crippen LogP contribution in [0.4, 0.5) is 11.4 Å². The Morgan fingerprint density at radius 2 is 1.64 bits per heavy atom. The molecule has 0 unspecified atom stereocenters. The van der Waals surface area contributed by atoms with Crippen molar-refractivity contribution >= 4 is 23.1 Å². The molecule has 1 aromatic heterocycles. The van der Waals surface area contributed by atoms with E-state index in [9.17, 15) is 20.2 Å². The van der Waals surface area contributed by atoms with Gasteiger partial charge in [0.1, 0.15) is 0 Å². The number of nitro benzene ring substituents is 2. The monoisotopic (exact) mass is 358 g/mol. The Kier molecular flexibility index (Phi) is 4.66. The first-order valence-corrected chi connectivity index (χ1v) is 7.92. The van der Waals surface area contributed by atoms with Crippen LogP contribution in [0.15, 0.2) is 53.7 Å². The summed E-state index contributed by atoms with van der Waals surface area (Å²) in [6.07, 6.45) is 0. The molecule has 0 saturated carbocycles. The van der Waals surface area contributed by atoms with Crippen molar-refractivity contribution in [2.24, 2.45) is 0 Å². The summed E-state index contributed by atoms with van der Waals surface area (Å²) in [5.74, 6) is 0.582. The summed E-state index contributed by atoms with van der Waals surface area (Å²) in [5.41, 5.74) is 0.394. The van der Waals surface area contributed by atoms with Crippen molar-refractivity contribution in [1.29, 1.82) is 0 Å². The third-order valence-electron chi connectivity index (χ3n) is 3.21. The maximum atomic E-state index is 11.0. The van der Waals surface area contributed by atoms with Crippen LogP contribution in [0.25, 0.3) is 5.69 Å². The number of hydrogen-bond acceptors (Lipinski definition) is 8. The van der Waals surface area contributed by atoms with Crippen LogP contribution in [0, 0.1) is 20.2 Å². The molecule has 0 fully saturated rings. The molecule has 126 valence electrons. The minimum atomic E-state index is -0.697. The molecule has 2 aromatic carbocycles. The van der Waals surface area contributed by atoms with Gasteiger partial charge in [-0.15, -0.1) is 5.10 Å². The summed E-state index contributed by atoms with van der Waals surface area (Å²) in [6.45, 7) is 0. The molecule has 10 nitrogen and oxygen atoms in total. The topological polar surface area (TPSA) is 130 Å². The van der Waals surface area contributed by atoms with E-state index in [1.54, 1.807) is 0 Å². The van der Waals surface area contributed by atoms with Crippen molar-refractivity contribution in [2.45, 2.75) is 10.9 Å². The lowest BCUT2D eigenvalue weighted by Crippen LogP contribution is -2.02. The standard InChI is InChI=1S/C14H10N6O4S/c21-19(22)12-6-11(7-13(8-12)20(23)24)18-14(15-16-17-18)25-9-10-4-2-1-3-5-10/h1-8H,9H2. The van der Waals surface area contributed by atoms with Gasteiger partial charge < -0.3 is 0 Å². The summed E-state index contributed by atoms with van der Waals surface area (Å²) in [5, 5.41) is 33.6. The molecule has 0 aliphatic heterocycles. The van der Waals surface area contributed by atoms with Gasteiger partial charge in [-0.2, -0.15) is 4.68 Å². The fourth-order valence-electron chi connectivity index (χ4n) is 2.07. The quantitative estimate of drug-likeness (QED) is 0.373. The minimum absolute atomic E-state index is 0.154. The van der Waals surface area contributed by atoms with Crippen LogP contribution in [-0.4, -0.2) is 30.1 Å². The molecular formula is C14H10N6O4S. The van der Waals surface area contributed by atoms with E-state index in [1.165, 1.54) is 28.6 Å². The van der Waals surface area contributed by atoms with Gasteiger partial charge in [0.15, 0.2) is 0 Å². The van der Waals surface area contributed by atoms with E-state index < -0.39 is 21.2 Å². The van der Waals surface area contributed by atoms with Gasteiger partial charge in [-0.3, -0.25) is 20.2 Å². The molecule has 11 heteroatoms. The molecule has 25 heavy (non-hydrogen) atoms. The normalized spacial score (nSPS) is 10.6. The number of aromatic nitrogens is 4. The number of thioether (sulfide) groups is 1. The molecule has 0 spiro atoms. The van der Waals surface area contributed by atoms with Crippen molar-refractivity contribution in [1.82, 2.24) is 20.2 Å². The number of rotatable bonds is 6. The molecule has 0 radical (unpaired) electrons. The maximum Gasteiger partial charge on any atom is 0.278 e. The molecule has 3 rings (SSSR count). The first kappa shape index (κ1) is 16.5. The molecule has 0 saturated heterocycles. The van der Waals surface area contributed by atoms with Crippen LogP contribution in [-0.2, 0) is 5.75 Å². The maximum absolute atomic E-state index is 11.0. The average Bonchev–Trinajstić information content (AvgIpc) is 3.09. The second kappa shape index (κ2) is 7.05. The number of non-ortho nitro benzene ring substituents is 2. The van der Waals surface area contributed by atoms with E-state index in [0.29, 0.717) is 10.9 Å². The first-order chi connectivity index (χ1) is 12.0. The van der Waals surface area contributed by atoms with Gasteiger partial charge >= 0.3 is 0 Å². The van der Waals surface area contributed by atoms with Gasteiger partial charge in [-0.25, -0.2) is 0 Å². The minimum Gasteiger partial charge on any atom is -0.258 e. The molecule has 0 N–H and O–H groups in total. The molecule has 0 bridgehead atoms. The van der Waals surface area contributed by atoms with E-state index in [4.69, 9.17) is 0 Å². The average molecular weight is 358 g/mol. The molecule has 3 aromatic rings. The van der Waals surface area contributed by atoms with Crippen molar-refractivity contribution < 1.29 is 9.85 Å². The zero-order chi connectivity index (χ0) is 17.8. The molecule has 0 amide bonds. The van der Waals surface area contributed by atoms with E-state index in [0.717, 1.165) is 11.6 Å². The summed E-state index contributed by atoms with van der Waals surface area (Å²) in [7, 11) is 0. The fourth-order valence-corrected chi connectivity index (χ4v) is 2.91. The number of benzene rings is 2. The summed E-state index contributed by atoms with van der Waals surface area (Å²) < 4.78 is 1.24. The third-order valence-corrected chi connectivity index (χ3v) is 4.20. The highest BCUT2D eigenvalue weighted by Gasteiger charge is 2.19. The molecule has 0 aliphatic carbocycles. The first-order valence-electron chi connectivity index (χ1n) is 6.94. The SMILES string of the molecule is O=[N+]([O-])c1cc(-n2nnnc2SCc2ccccc2)cc([N+](=O)[O-])c1. The number of nitrogens with zero attached hydrogens (tertiary/aromatic N) is 6. The Bertz CT molecular complexity index is 898. The number of hydrogen-bond donors (Lipinski definition) is 0. The van der Waals surface area contributed by atoms with Crippen LogP contribution < -0.4 is 0 Å². The van der Waals surface area contributed by atoms with E-state index in [1.807, 2.05) is 30.3 Å². The van der Waals surface area contributed by atoms with Crippen LogP contribution in [0.3, 0.4) is 0 Å². The Morgan fingerprint density at radius 3 is 2.24 bits per heavy atom. The zero-order valence-electron chi connectivity index (χ0n) is 12.6. The summed E-state index contributed by atoms with van der Waals surface area (Å²) in [4.78, 5) is 20.6. The highest BCUT2D eigenvalue weighted by molar-refractivity contribution is 7.98. The van der Waals surface area contributed by atoms with Gasteiger partial charge in [0, 0.05) is 17.9 Å². The summed E-state index contributed by atoms with van der Waals surface area (Å²) in [6, 6.07) is 12.9. The smallest absolute Gasteiger partial charge is 0.258 e. The van der Waals surface area contributed by atoms with Crippen LogP contribution in [0.1, 0.15) is 5.56 Å². The molecule has 0 atom stereocenters. The van der Waals surface area contributed by atoms with Crippen LogP contribution >= 0.6 is 11.8 Å². The van der Waals surface area contributed by atoms with E-state index in [-0.39, 0.29) is 5.69 Å². The lowest BCUT2D eigenvalue weighted by Gasteiger charge is -2.05. The second-order valence-corrected chi connectivity index (χ2v) is 5.81. The zero-order valence-corrected chi connectivity index (χ0v) is 13.4. The number of tetrazole rings is 1. The van der Waals surface area contributed by atoms with Gasteiger partial charge in [0.05, 0.1) is 21.6 Å². The fraction of sp³-hybridized carbons (Fsp3) is 0.0714. The third kappa shape index (κ3) is 3.77. The molecule has 0 aliphatic rings. The number of nitro groups is 2. The predicted molar refractivity (Wildman–Crippen MR) is 88.5 cm³/mol. The van der Waals surface area contributed by atoms with Gasteiger partial charge in [-0.1, -0.05) is 42.1 Å². The van der Waals surface area contributed by atoms with Crippen molar-refractivity contribution in [2.75, 3.05) is 0 Å². The predicted octanol–water partition coefficient (Wildman–Crippen LogP) is 2.77. The van der Waals surface area contributed by atoms with Crippen molar-refractivity contribution in [3.8, 4) is 5.69 Å². The van der Waals surface area contributed by atoms with Crippen LogP contribution in [0.2, 0.25) is 0 Å². The van der Waals surface area contributed by atoms with Crippen molar-refractivity contribution in [3.05, 3.63) is 74.3 Å². The van der Waals surface area contributed by atoms with Gasteiger partial charge in [0.25, 0.3) is 11.4 Å². The van der Waals surface area contributed by atoms with Crippen LogP contribution in [0.5, 0.6) is 0 Å². The second-order valence-electron chi connectivity index (χ2n) is 4.87. The van der Waals surface area contributed by atoms with E-state index in [2.05, 4.69) is 15.5 Å². The van der Waals surface area contributed by atoms with Gasteiger partial charge in [0.2, 0.25) is 5.16 Å². The lowest BCUT2D eigenvalue weighted by atomic mass is 10.2. The highest BCUT2D eigenvalue weighted by Crippen LogP contribution is 2.28. The Balaban J connectivity index is 1.93. The Hall–Kier alpha value is -3.34.